The molecular formula is C15H25N3O. The second kappa shape index (κ2) is 7.34. The number of hydrogen-bond acceptors (Lipinski definition) is 4. The highest BCUT2D eigenvalue weighted by Crippen LogP contribution is 2.24. The second-order valence-electron chi connectivity index (χ2n) is 5.00. The first-order chi connectivity index (χ1) is 9.33. The molecule has 1 fully saturated rings. The molecule has 106 valence electrons. The van der Waals surface area contributed by atoms with Crippen LogP contribution in [0.2, 0.25) is 0 Å². The molecule has 2 rings (SSSR count). The van der Waals surface area contributed by atoms with Crippen LogP contribution in [-0.4, -0.2) is 42.2 Å². The Kier molecular flexibility index (Phi) is 5.45. The molecule has 0 saturated carbocycles. The molecule has 1 unspecified atom stereocenters. The minimum atomic E-state index is 0.528. The lowest BCUT2D eigenvalue weighted by atomic mass is 10.1. The zero-order valence-electron chi connectivity index (χ0n) is 12.1. The lowest BCUT2D eigenvalue weighted by molar-refractivity contribution is 0.300. The van der Waals surface area contributed by atoms with Crippen molar-refractivity contribution in [1.29, 1.82) is 0 Å². The SMILES string of the molecule is CCOc1ncccc1NC1CCCN(CC)CC1. The Hall–Kier alpha value is -1.29. The fraction of sp³-hybridized carbons (Fsp3) is 0.667. The van der Waals surface area contributed by atoms with Gasteiger partial charge in [-0.2, -0.15) is 0 Å². The van der Waals surface area contributed by atoms with Gasteiger partial charge < -0.3 is 15.0 Å². The Morgan fingerprint density at radius 3 is 3.05 bits per heavy atom. The predicted octanol–water partition coefficient (Wildman–Crippen LogP) is 2.77. The van der Waals surface area contributed by atoms with E-state index in [1.165, 1.54) is 32.4 Å². The summed E-state index contributed by atoms with van der Waals surface area (Å²) in [5, 5.41) is 3.60. The number of nitrogens with one attached hydrogen (secondary N) is 1. The molecule has 1 aromatic heterocycles. The fourth-order valence-electron chi connectivity index (χ4n) is 2.59. The standard InChI is InChI=1S/C15H25N3O/c1-3-18-11-6-7-13(9-12-18)17-14-8-5-10-16-15(14)19-4-2/h5,8,10,13,17H,3-4,6-7,9,11-12H2,1-2H3. The number of aromatic nitrogens is 1. The van der Waals surface area contributed by atoms with Gasteiger partial charge in [-0.1, -0.05) is 6.92 Å². The highest BCUT2D eigenvalue weighted by atomic mass is 16.5. The Balaban J connectivity index is 1.96. The van der Waals surface area contributed by atoms with Gasteiger partial charge in [-0.25, -0.2) is 4.98 Å². The molecule has 0 aromatic carbocycles. The van der Waals surface area contributed by atoms with Gasteiger partial charge in [0.2, 0.25) is 5.88 Å². The van der Waals surface area contributed by atoms with Crippen LogP contribution in [0.1, 0.15) is 33.1 Å². The third-order valence-electron chi connectivity index (χ3n) is 3.68. The van der Waals surface area contributed by atoms with Crippen LogP contribution >= 0.6 is 0 Å². The van der Waals surface area contributed by atoms with Gasteiger partial charge in [0.25, 0.3) is 0 Å². The van der Waals surface area contributed by atoms with E-state index < -0.39 is 0 Å². The molecule has 2 heterocycles. The van der Waals surface area contributed by atoms with Crippen molar-refractivity contribution in [2.24, 2.45) is 0 Å². The van der Waals surface area contributed by atoms with Gasteiger partial charge in [-0.05, 0) is 51.4 Å². The van der Waals surface area contributed by atoms with Crippen molar-refractivity contribution in [3.05, 3.63) is 18.3 Å². The first-order valence-corrected chi connectivity index (χ1v) is 7.40. The summed E-state index contributed by atoms with van der Waals surface area (Å²) in [6.07, 6.45) is 5.45. The third-order valence-corrected chi connectivity index (χ3v) is 3.68. The van der Waals surface area contributed by atoms with Crippen LogP contribution in [0.25, 0.3) is 0 Å². The number of pyridine rings is 1. The van der Waals surface area contributed by atoms with Gasteiger partial charge in [-0.15, -0.1) is 0 Å². The summed E-state index contributed by atoms with van der Waals surface area (Å²) in [4.78, 5) is 6.82. The molecule has 1 N–H and O–H groups in total. The first-order valence-electron chi connectivity index (χ1n) is 7.40. The molecule has 0 amide bonds. The predicted molar refractivity (Wildman–Crippen MR) is 78.8 cm³/mol. The van der Waals surface area contributed by atoms with Gasteiger partial charge in [0.15, 0.2) is 0 Å². The Morgan fingerprint density at radius 2 is 2.26 bits per heavy atom. The number of anilines is 1. The van der Waals surface area contributed by atoms with Crippen molar-refractivity contribution < 1.29 is 4.74 Å². The lowest BCUT2D eigenvalue weighted by Gasteiger charge is -2.20. The summed E-state index contributed by atoms with van der Waals surface area (Å²) in [7, 11) is 0. The Morgan fingerprint density at radius 1 is 1.37 bits per heavy atom. The number of ether oxygens (including phenoxy) is 1. The normalized spacial score (nSPS) is 20.8. The van der Waals surface area contributed by atoms with E-state index in [1.807, 2.05) is 13.0 Å². The number of rotatable bonds is 5. The average Bonchev–Trinajstić information content (AvgIpc) is 2.66. The average molecular weight is 263 g/mol. The minimum Gasteiger partial charge on any atom is -0.476 e. The number of nitrogens with zero attached hydrogens (tertiary/aromatic N) is 2. The minimum absolute atomic E-state index is 0.528. The Labute approximate surface area is 116 Å². The largest absolute Gasteiger partial charge is 0.476 e. The van der Waals surface area contributed by atoms with E-state index in [0.717, 1.165) is 18.1 Å². The third kappa shape index (κ3) is 4.10. The van der Waals surface area contributed by atoms with E-state index in [0.29, 0.717) is 12.6 Å². The molecule has 1 aliphatic heterocycles. The molecule has 1 aromatic rings. The number of hydrogen-bond donors (Lipinski definition) is 1. The lowest BCUT2D eigenvalue weighted by Crippen LogP contribution is -2.26. The zero-order chi connectivity index (χ0) is 13.5. The van der Waals surface area contributed by atoms with Gasteiger partial charge in [-0.3, -0.25) is 0 Å². The van der Waals surface area contributed by atoms with E-state index in [2.05, 4.69) is 28.2 Å². The van der Waals surface area contributed by atoms with Gasteiger partial charge in [0.05, 0.1) is 12.3 Å². The molecule has 0 bridgehead atoms. The van der Waals surface area contributed by atoms with E-state index in [1.54, 1.807) is 6.20 Å². The molecule has 0 spiro atoms. The fourth-order valence-corrected chi connectivity index (χ4v) is 2.59. The highest BCUT2D eigenvalue weighted by Gasteiger charge is 2.17. The molecule has 1 aliphatic rings. The topological polar surface area (TPSA) is 37.4 Å². The van der Waals surface area contributed by atoms with Gasteiger partial charge in [0.1, 0.15) is 0 Å². The quantitative estimate of drug-likeness (QED) is 0.886. The van der Waals surface area contributed by atoms with Crippen LogP contribution in [0.15, 0.2) is 18.3 Å². The Bertz CT molecular complexity index is 383. The van der Waals surface area contributed by atoms with Crippen molar-refractivity contribution in [3.8, 4) is 5.88 Å². The molecule has 0 radical (unpaired) electrons. The molecule has 4 nitrogen and oxygen atoms in total. The summed E-state index contributed by atoms with van der Waals surface area (Å²) in [5.74, 6) is 0.724. The summed E-state index contributed by atoms with van der Waals surface area (Å²) in [5.41, 5.74) is 1.03. The summed E-state index contributed by atoms with van der Waals surface area (Å²) < 4.78 is 5.57. The molecule has 0 aliphatic carbocycles. The molecule has 4 heteroatoms. The monoisotopic (exact) mass is 263 g/mol. The molecule has 1 atom stereocenters. The van der Waals surface area contributed by atoms with E-state index >= 15 is 0 Å². The first kappa shape index (κ1) is 14.1. The second-order valence-corrected chi connectivity index (χ2v) is 5.00. The van der Waals surface area contributed by atoms with Gasteiger partial charge >= 0.3 is 0 Å². The van der Waals surface area contributed by atoms with Crippen LogP contribution in [0.5, 0.6) is 5.88 Å². The summed E-state index contributed by atoms with van der Waals surface area (Å²) >= 11 is 0. The molecule has 1 saturated heterocycles. The van der Waals surface area contributed by atoms with E-state index in [9.17, 15) is 0 Å². The summed E-state index contributed by atoms with van der Waals surface area (Å²) in [6, 6.07) is 4.54. The van der Waals surface area contributed by atoms with Crippen LogP contribution < -0.4 is 10.1 Å². The van der Waals surface area contributed by atoms with Crippen LogP contribution in [-0.2, 0) is 0 Å². The van der Waals surface area contributed by atoms with Crippen molar-refractivity contribution in [1.82, 2.24) is 9.88 Å². The molecular weight excluding hydrogens is 238 g/mol. The van der Waals surface area contributed by atoms with Crippen LogP contribution in [0.4, 0.5) is 5.69 Å². The van der Waals surface area contributed by atoms with Crippen molar-refractivity contribution in [3.63, 3.8) is 0 Å². The molecule has 19 heavy (non-hydrogen) atoms. The number of likely N-dealkylation sites (tertiary alicyclic amines) is 1. The van der Waals surface area contributed by atoms with E-state index in [4.69, 9.17) is 4.74 Å². The zero-order valence-corrected chi connectivity index (χ0v) is 12.1. The maximum atomic E-state index is 5.57. The van der Waals surface area contributed by atoms with Crippen molar-refractivity contribution >= 4 is 5.69 Å². The van der Waals surface area contributed by atoms with Gasteiger partial charge in [0, 0.05) is 18.8 Å². The van der Waals surface area contributed by atoms with Crippen molar-refractivity contribution in [2.75, 3.05) is 31.6 Å². The summed E-state index contributed by atoms with van der Waals surface area (Å²) in [6.45, 7) is 8.44. The maximum absolute atomic E-state index is 5.57. The smallest absolute Gasteiger partial charge is 0.237 e. The van der Waals surface area contributed by atoms with Crippen LogP contribution in [0.3, 0.4) is 0 Å². The highest BCUT2D eigenvalue weighted by molar-refractivity contribution is 5.52. The van der Waals surface area contributed by atoms with E-state index in [-0.39, 0.29) is 0 Å². The maximum Gasteiger partial charge on any atom is 0.237 e. The van der Waals surface area contributed by atoms with Crippen molar-refractivity contribution in [2.45, 2.75) is 39.2 Å². The van der Waals surface area contributed by atoms with Crippen LogP contribution in [0, 0.1) is 0 Å².